The summed E-state index contributed by atoms with van der Waals surface area (Å²) in [5, 5.41) is 0.715. The molecule has 2 nitrogen and oxygen atoms in total. The summed E-state index contributed by atoms with van der Waals surface area (Å²) in [6.07, 6.45) is 0.505. The number of anilines is 1. The van der Waals surface area contributed by atoms with Gasteiger partial charge in [0.15, 0.2) is 0 Å². The third kappa shape index (κ3) is 2.36. The molecule has 0 aliphatic carbocycles. The molecule has 0 fully saturated rings. The SMILES string of the molecule is Cc1ccc2c(c1)CC(=O)N2Cc1ccc(Cl)cc1. The number of hydrogen-bond donors (Lipinski definition) is 0. The van der Waals surface area contributed by atoms with E-state index in [2.05, 4.69) is 6.07 Å². The second kappa shape index (κ2) is 4.71. The van der Waals surface area contributed by atoms with Crippen LogP contribution < -0.4 is 4.90 Å². The van der Waals surface area contributed by atoms with Crippen molar-refractivity contribution < 1.29 is 4.79 Å². The Hall–Kier alpha value is -1.80. The van der Waals surface area contributed by atoms with E-state index < -0.39 is 0 Å². The molecule has 1 aliphatic rings. The average molecular weight is 272 g/mol. The number of aryl methyl sites for hydroxylation is 1. The molecule has 0 unspecified atom stereocenters. The van der Waals surface area contributed by atoms with Crippen LogP contribution in [0, 0.1) is 6.92 Å². The Balaban J connectivity index is 1.90. The number of nitrogens with zero attached hydrogens (tertiary/aromatic N) is 1. The molecule has 0 N–H and O–H groups in total. The number of hydrogen-bond acceptors (Lipinski definition) is 1. The van der Waals surface area contributed by atoms with Gasteiger partial charge in [-0.05, 0) is 36.2 Å². The summed E-state index contributed by atoms with van der Waals surface area (Å²) in [4.78, 5) is 14.0. The van der Waals surface area contributed by atoms with E-state index in [-0.39, 0.29) is 5.91 Å². The van der Waals surface area contributed by atoms with Crippen molar-refractivity contribution in [2.24, 2.45) is 0 Å². The summed E-state index contributed by atoms with van der Waals surface area (Å²) < 4.78 is 0. The zero-order chi connectivity index (χ0) is 13.4. The zero-order valence-electron chi connectivity index (χ0n) is 10.7. The molecule has 3 heteroatoms. The minimum atomic E-state index is 0.163. The Labute approximate surface area is 117 Å². The molecule has 0 bridgehead atoms. The molecule has 3 rings (SSSR count). The Morgan fingerprint density at radius 2 is 1.89 bits per heavy atom. The van der Waals surface area contributed by atoms with Crippen LogP contribution in [0.15, 0.2) is 42.5 Å². The van der Waals surface area contributed by atoms with Gasteiger partial charge in [0.1, 0.15) is 0 Å². The van der Waals surface area contributed by atoms with Crippen molar-refractivity contribution in [3.05, 3.63) is 64.2 Å². The molecule has 19 heavy (non-hydrogen) atoms. The van der Waals surface area contributed by atoms with Gasteiger partial charge in [0.2, 0.25) is 5.91 Å². The van der Waals surface area contributed by atoms with Crippen molar-refractivity contribution >= 4 is 23.2 Å². The molecule has 0 saturated carbocycles. The number of benzene rings is 2. The molecule has 0 radical (unpaired) electrons. The van der Waals surface area contributed by atoms with Crippen LogP contribution in [-0.4, -0.2) is 5.91 Å². The van der Waals surface area contributed by atoms with Crippen molar-refractivity contribution in [2.75, 3.05) is 4.90 Å². The van der Waals surface area contributed by atoms with Gasteiger partial charge in [0, 0.05) is 10.7 Å². The molecule has 2 aromatic carbocycles. The molecule has 1 aliphatic heterocycles. The van der Waals surface area contributed by atoms with Crippen LogP contribution in [-0.2, 0) is 17.8 Å². The van der Waals surface area contributed by atoms with Crippen molar-refractivity contribution in [3.8, 4) is 0 Å². The normalized spacial score (nSPS) is 13.8. The smallest absolute Gasteiger partial charge is 0.231 e. The predicted molar refractivity (Wildman–Crippen MR) is 77.5 cm³/mol. The fraction of sp³-hybridized carbons (Fsp3) is 0.188. The first kappa shape index (κ1) is 12.2. The Morgan fingerprint density at radius 3 is 2.63 bits per heavy atom. The van der Waals surface area contributed by atoms with E-state index in [1.807, 2.05) is 48.2 Å². The van der Waals surface area contributed by atoms with Crippen molar-refractivity contribution in [3.63, 3.8) is 0 Å². The second-order valence-corrected chi connectivity index (χ2v) is 5.35. The maximum absolute atomic E-state index is 12.1. The molecule has 0 spiro atoms. The largest absolute Gasteiger partial charge is 0.307 e. The molecule has 2 aromatic rings. The minimum absolute atomic E-state index is 0.163. The lowest BCUT2D eigenvalue weighted by atomic mass is 10.1. The highest BCUT2D eigenvalue weighted by Crippen LogP contribution is 2.31. The standard InChI is InChI=1S/C16H14ClNO/c1-11-2-7-15-13(8-11)9-16(19)18(15)10-12-3-5-14(17)6-4-12/h2-8H,9-10H2,1H3. The first-order valence-electron chi connectivity index (χ1n) is 6.28. The van der Waals surface area contributed by atoms with Gasteiger partial charge in [0.05, 0.1) is 13.0 Å². The van der Waals surface area contributed by atoms with Crippen LogP contribution in [0.5, 0.6) is 0 Å². The van der Waals surface area contributed by atoms with E-state index in [0.717, 1.165) is 16.8 Å². The number of amides is 1. The van der Waals surface area contributed by atoms with Crippen LogP contribution in [0.1, 0.15) is 16.7 Å². The van der Waals surface area contributed by atoms with Gasteiger partial charge in [0.25, 0.3) is 0 Å². The number of carbonyl (C=O) groups excluding carboxylic acids is 1. The van der Waals surface area contributed by atoms with E-state index in [4.69, 9.17) is 11.6 Å². The monoisotopic (exact) mass is 271 g/mol. The average Bonchev–Trinajstić information content (AvgIpc) is 2.68. The van der Waals surface area contributed by atoms with Crippen LogP contribution in [0.3, 0.4) is 0 Å². The van der Waals surface area contributed by atoms with E-state index >= 15 is 0 Å². The molecular formula is C16H14ClNO. The maximum atomic E-state index is 12.1. The molecule has 0 saturated heterocycles. The molecule has 1 amide bonds. The molecule has 1 heterocycles. The maximum Gasteiger partial charge on any atom is 0.231 e. The predicted octanol–water partition coefficient (Wildman–Crippen LogP) is 3.74. The first-order valence-corrected chi connectivity index (χ1v) is 6.65. The van der Waals surface area contributed by atoms with Gasteiger partial charge in [-0.1, -0.05) is 41.4 Å². The van der Waals surface area contributed by atoms with E-state index in [0.29, 0.717) is 18.0 Å². The summed E-state index contributed by atoms with van der Waals surface area (Å²) in [6, 6.07) is 13.8. The molecular weight excluding hydrogens is 258 g/mol. The number of fused-ring (bicyclic) bond motifs is 1. The number of halogens is 1. The highest BCUT2D eigenvalue weighted by molar-refractivity contribution is 6.30. The summed E-state index contributed by atoms with van der Waals surface area (Å²) in [6.45, 7) is 2.65. The quantitative estimate of drug-likeness (QED) is 0.815. The van der Waals surface area contributed by atoms with E-state index in [1.54, 1.807) is 0 Å². The summed E-state index contributed by atoms with van der Waals surface area (Å²) in [7, 11) is 0. The highest BCUT2D eigenvalue weighted by atomic mass is 35.5. The topological polar surface area (TPSA) is 20.3 Å². The molecule has 96 valence electrons. The lowest BCUT2D eigenvalue weighted by Gasteiger charge is -2.17. The minimum Gasteiger partial charge on any atom is -0.307 e. The van der Waals surface area contributed by atoms with Crippen LogP contribution >= 0.6 is 11.6 Å². The second-order valence-electron chi connectivity index (χ2n) is 4.92. The van der Waals surface area contributed by atoms with Crippen LogP contribution in [0.2, 0.25) is 5.02 Å². The Kier molecular flexibility index (Phi) is 3.03. The number of carbonyl (C=O) groups is 1. The fourth-order valence-corrected chi connectivity index (χ4v) is 2.58. The number of rotatable bonds is 2. The van der Waals surface area contributed by atoms with Gasteiger partial charge in [-0.3, -0.25) is 4.79 Å². The van der Waals surface area contributed by atoms with Gasteiger partial charge >= 0.3 is 0 Å². The Bertz CT molecular complexity index is 634. The van der Waals surface area contributed by atoms with Gasteiger partial charge in [-0.15, -0.1) is 0 Å². The summed E-state index contributed by atoms with van der Waals surface area (Å²) in [5.74, 6) is 0.163. The molecule has 0 atom stereocenters. The zero-order valence-corrected chi connectivity index (χ0v) is 11.4. The lowest BCUT2D eigenvalue weighted by Crippen LogP contribution is -2.25. The van der Waals surface area contributed by atoms with Gasteiger partial charge in [-0.2, -0.15) is 0 Å². The highest BCUT2D eigenvalue weighted by Gasteiger charge is 2.26. The third-order valence-corrected chi connectivity index (χ3v) is 3.67. The van der Waals surface area contributed by atoms with Crippen molar-refractivity contribution in [1.29, 1.82) is 0 Å². The lowest BCUT2D eigenvalue weighted by molar-refractivity contribution is -0.117. The van der Waals surface area contributed by atoms with Crippen LogP contribution in [0.4, 0.5) is 5.69 Å². The first-order chi connectivity index (χ1) is 9.13. The summed E-state index contributed by atoms with van der Waals surface area (Å²) in [5.41, 5.74) is 4.44. The fourth-order valence-electron chi connectivity index (χ4n) is 2.46. The van der Waals surface area contributed by atoms with E-state index in [1.165, 1.54) is 5.56 Å². The third-order valence-electron chi connectivity index (χ3n) is 3.42. The van der Waals surface area contributed by atoms with Crippen LogP contribution in [0.25, 0.3) is 0 Å². The van der Waals surface area contributed by atoms with E-state index in [9.17, 15) is 4.79 Å². The van der Waals surface area contributed by atoms with Gasteiger partial charge in [-0.25, -0.2) is 0 Å². The molecule has 0 aromatic heterocycles. The van der Waals surface area contributed by atoms with Gasteiger partial charge < -0.3 is 4.90 Å². The Morgan fingerprint density at radius 1 is 1.16 bits per heavy atom. The van der Waals surface area contributed by atoms with Crippen molar-refractivity contribution in [1.82, 2.24) is 0 Å². The van der Waals surface area contributed by atoms with Crippen molar-refractivity contribution in [2.45, 2.75) is 19.9 Å². The summed E-state index contributed by atoms with van der Waals surface area (Å²) >= 11 is 5.87.